The normalized spacial score (nSPS) is 15.3. The molecule has 1 aromatic heterocycles. The first kappa shape index (κ1) is 22.5. The lowest BCUT2D eigenvalue weighted by atomic mass is 9.95. The van der Waals surface area contributed by atoms with Crippen molar-refractivity contribution in [1.82, 2.24) is 14.8 Å². The van der Waals surface area contributed by atoms with E-state index in [1.54, 1.807) is 55.1 Å². The molecule has 1 aliphatic rings. The zero-order valence-corrected chi connectivity index (χ0v) is 18.7. The van der Waals surface area contributed by atoms with Crippen LogP contribution in [0.3, 0.4) is 0 Å². The van der Waals surface area contributed by atoms with E-state index in [4.69, 9.17) is 16.3 Å². The minimum atomic E-state index is -0.683. The van der Waals surface area contributed by atoms with Crippen LogP contribution in [0, 0.1) is 5.82 Å². The molecule has 0 aliphatic carbocycles. The van der Waals surface area contributed by atoms with Crippen molar-refractivity contribution in [2.24, 2.45) is 0 Å². The summed E-state index contributed by atoms with van der Waals surface area (Å²) in [4.78, 5) is 31.7. The summed E-state index contributed by atoms with van der Waals surface area (Å²) >= 11 is 5.90. The van der Waals surface area contributed by atoms with Gasteiger partial charge in [-0.3, -0.25) is 4.79 Å². The molecule has 33 heavy (non-hydrogen) atoms. The highest BCUT2D eigenvalue weighted by molar-refractivity contribution is 6.30. The van der Waals surface area contributed by atoms with Crippen molar-refractivity contribution in [3.63, 3.8) is 0 Å². The van der Waals surface area contributed by atoms with Gasteiger partial charge in [-0.1, -0.05) is 23.7 Å². The molecule has 0 spiro atoms. The van der Waals surface area contributed by atoms with E-state index in [-0.39, 0.29) is 19.1 Å². The van der Waals surface area contributed by atoms with Crippen molar-refractivity contribution in [3.05, 3.63) is 82.5 Å². The van der Waals surface area contributed by atoms with E-state index < -0.39 is 17.8 Å². The molecule has 0 fully saturated rings. The first-order chi connectivity index (χ1) is 15.9. The van der Waals surface area contributed by atoms with Crippen LogP contribution in [0.5, 0.6) is 0 Å². The molecule has 10 heteroatoms. The van der Waals surface area contributed by atoms with E-state index in [9.17, 15) is 14.0 Å². The Morgan fingerprint density at radius 3 is 2.52 bits per heavy atom. The zero-order chi connectivity index (χ0) is 23.5. The Hall–Kier alpha value is -3.72. The van der Waals surface area contributed by atoms with Crippen molar-refractivity contribution in [3.8, 4) is 0 Å². The van der Waals surface area contributed by atoms with Crippen LogP contribution < -0.4 is 10.2 Å². The molecule has 170 valence electrons. The lowest BCUT2D eigenvalue weighted by molar-refractivity contribution is -0.139. The maximum Gasteiger partial charge on any atom is 0.338 e. The Morgan fingerprint density at radius 2 is 1.85 bits per heavy atom. The largest absolute Gasteiger partial charge is 0.463 e. The fourth-order valence-corrected chi connectivity index (χ4v) is 3.85. The average Bonchev–Trinajstić information content (AvgIpc) is 3.27. The number of anilines is 2. The van der Waals surface area contributed by atoms with Gasteiger partial charge in [0.15, 0.2) is 0 Å². The van der Waals surface area contributed by atoms with Crippen LogP contribution in [0.1, 0.15) is 25.5 Å². The first-order valence-corrected chi connectivity index (χ1v) is 10.6. The van der Waals surface area contributed by atoms with E-state index in [1.807, 2.05) is 0 Å². The van der Waals surface area contributed by atoms with Gasteiger partial charge in [0.2, 0.25) is 11.9 Å². The van der Waals surface area contributed by atoms with Crippen molar-refractivity contribution in [2.45, 2.75) is 19.9 Å². The average molecular weight is 470 g/mol. The molecule has 1 amide bonds. The number of nitrogens with one attached hydrogen (secondary N) is 1. The number of amides is 1. The van der Waals surface area contributed by atoms with Crippen molar-refractivity contribution in [1.29, 1.82) is 0 Å². The minimum Gasteiger partial charge on any atom is -0.463 e. The third-order valence-corrected chi connectivity index (χ3v) is 5.47. The molecule has 1 atom stereocenters. The predicted octanol–water partition coefficient (Wildman–Crippen LogP) is 3.96. The van der Waals surface area contributed by atoms with Gasteiger partial charge in [0, 0.05) is 16.4 Å². The number of ether oxygens (including phenoxy) is 1. The fourth-order valence-electron chi connectivity index (χ4n) is 3.72. The van der Waals surface area contributed by atoms with E-state index in [0.717, 1.165) is 0 Å². The molecule has 8 nitrogen and oxygen atoms in total. The number of fused-ring (bicyclic) bond motifs is 1. The van der Waals surface area contributed by atoms with E-state index in [0.29, 0.717) is 33.5 Å². The van der Waals surface area contributed by atoms with Gasteiger partial charge in [0.05, 0.1) is 12.2 Å². The maximum absolute atomic E-state index is 13.6. The Morgan fingerprint density at radius 1 is 1.15 bits per heavy atom. The second-order valence-electron chi connectivity index (χ2n) is 7.32. The number of allylic oxidation sites excluding steroid dienone is 1. The Labute approximate surface area is 194 Å². The minimum absolute atomic E-state index is 0.119. The highest BCUT2D eigenvalue weighted by Gasteiger charge is 2.38. The topological polar surface area (TPSA) is 89.3 Å². The highest BCUT2D eigenvalue weighted by Crippen LogP contribution is 2.38. The van der Waals surface area contributed by atoms with Gasteiger partial charge in [0.25, 0.3) is 0 Å². The summed E-state index contributed by atoms with van der Waals surface area (Å²) in [6.07, 6.45) is 1.34. The molecule has 0 saturated heterocycles. The molecule has 2 heterocycles. The number of halogens is 2. The zero-order valence-electron chi connectivity index (χ0n) is 18.0. The van der Waals surface area contributed by atoms with Gasteiger partial charge in [0.1, 0.15) is 24.7 Å². The molecular formula is C23H21ClFN5O3. The smallest absolute Gasteiger partial charge is 0.338 e. The number of esters is 1. The summed E-state index contributed by atoms with van der Waals surface area (Å²) in [6.45, 7) is 3.48. The lowest BCUT2D eigenvalue weighted by Gasteiger charge is -2.35. The molecule has 1 N–H and O–H groups in total. The number of hydrogen-bond donors (Lipinski definition) is 1. The number of rotatable bonds is 6. The van der Waals surface area contributed by atoms with Crippen LogP contribution in [-0.4, -0.2) is 39.8 Å². The summed E-state index contributed by atoms with van der Waals surface area (Å²) in [5.41, 5.74) is 2.01. The Kier molecular flexibility index (Phi) is 6.41. The number of carbonyl (C=O) groups is 2. The van der Waals surface area contributed by atoms with Crippen LogP contribution in [0.15, 0.2) is 66.1 Å². The fraction of sp³-hybridized carbons (Fsp3) is 0.217. The van der Waals surface area contributed by atoms with Gasteiger partial charge >= 0.3 is 5.97 Å². The number of nitrogens with zero attached hydrogens (tertiary/aromatic N) is 4. The van der Waals surface area contributed by atoms with Gasteiger partial charge in [-0.15, -0.1) is 0 Å². The number of benzene rings is 2. The SMILES string of the molecule is CCOC(=O)C1=C(C)N(CC(=O)Nc2ccc(Cl)cc2)c2ncnn2C1c1ccc(F)cc1. The number of carbonyl (C=O) groups excluding carboxylic acids is 2. The molecule has 0 radical (unpaired) electrons. The van der Waals surface area contributed by atoms with E-state index in [2.05, 4.69) is 15.4 Å². The molecule has 1 unspecified atom stereocenters. The standard InChI is InChI=1S/C23H21ClFN5O3/c1-3-33-22(32)20-14(2)29(12-19(31)28-18-10-6-16(24)7-11-18)23-26-13-27-30(23)21(20)15-4-8-17(25)9-5-15/h4-11,13,21H,3,12H2,1-2H3,(H,28,31). The molecule has 1 aliphatic heterocycles. The summed E-state index contributed by atoms with van der Waals surface area (Å²) in [6, 6.07) is 11.8. The summed E-state index contributed by atoms with van der Waals surface area (Å²) < 4.78 is 20.4. The highest BCUT2D eigenvalue weighted by atomic mass is 35.5. The van der Waals surface area contributed by atoms with Gasteiger partial charge in [-0.25, -0.2) is 13.9 Å². The maximum atomic E-state index is 13.6. The molecule has 4 rings (SSSR count). The first-order valence-electron chi connectivity index (χ1n) is 10.2. The molecule has 2 aromatic carbocycles. The molecule has 0 saturated carbocycles. The second kappa shape index (κ2) is 9.41. The van der Waals surface area contributed by atoms with Crippen molar-refractivity contribution < 1.29 is 18.7 Å². The Bertz CT molecular complexity index is 1210. The molecular weight excluding hydrogens is 449 g/mol. The lowest BCUT2D eigenvalue weighted by Crippen LogP contribution is -2.40. The monoisotopic (exact) mass is 469 g/mol. The predicted molar refractivity (Wildman–Crippen MR) is 121 cm³/mol. The second-order valence-corrected chi connectivity index (χ2v) is 7.76. The summed E-state index contributed by atoms with van der Waals surface area (Å²) in [5, 5.41) is 7.66. The van der Waals surface area contributed by atoms with Crippen LogP contribution in [0.25, 0.3) is 0 Å². The van der Waals surface area contributed by atoms with Gasteiger partial charge in [-0.2, -0.15) is 10.1 Å². The summed E-state index contributed by atoms with van der Waals surface area (Å²) in [5.74, 6) is -0.892. The van der Waals surface area contributed by atoms with Gasteiger partial charge in [-0.05, 0) is 55.8 Å². The quantitative estimate of drug-likeness (QED) is 0.550. The molecule has 3 aromatic rings. The number of aromatic nitrogens is 3. The van der Waals surface area contributed by atoms with Gasteiger partial charge < -0.3 is 15.0 Å². The van der Waals surface area contributed by atoms with Crippen molar-refractivity contribution in [2.75, 3.05) is 23.4 Å². The van der Waals surface area contributed by atoms with Crippen LogP contribution in [-0.2, 0) is 14.3 Å². The van der Waals surface area contributed by atoms with E-state index >= 15 is 0 Å². The molecule has 0 bridgehead atoms. The van der Waals surface area contributed by atoms with E-state index in [1.165, 1.54) is 23.1 Å². The number of hydrogen-bond acceptors (Lipinski definition) is 6. The van der Waals surface area contributed by atoms with Crippen LogP contribution in [0.2, 0.25) is 5.02 Å². The third-order valence-electron chi connectivity index (χ3n) is 5.22. The van der Waals surface area contributed by atoms with Crippen LogP contribution in [0.4, 0.5) is 16.0 Å². The van der Waals surface area contributed by atoms with Crippen molar-refractivity contribution >= 4 is 35.1 Å². The third kappa shape index (κ3) is 4.58. The summed E-state index contributed by atoms with van der Waals surface area (Å²) in [7, 11) is 0. The Balaban J connectivity index is 1.72. The van der Waals surface area contributed by atoms with Crippen LogP contribution >= 0.6 is 11.6 Å².